The number of terminal acetylenes is 1. The predicted octanol–water partition coefficient (Wildman–Crippen LogP) is -0.769. The van der Waals surface area contributed by atoms with Crippen LogP contribution in [0.1, 0.15) is 6.23 Å². The summed E-state index contributed by atoms with van der Waals surface area (Å²) in [6, 6.07) is 0. The summed E-state index contributed by atoms with van der Waals surface area (Å²) in [5.41, 5.74) is 3.61. The van der Waals surface area contributed by atoms with E-state index >= 15 is 0 Å². The number of fused-ring (bicyclic) bond motifs is 1. The van der Waals surface area contributed by atoms with Crippen LogP contribution in [0.5, 0.6) is 0 Å². The van der Waals surface area contributed by atoms with Gasteiger partial charge in [0.15, 0.2) is 17.7 Å². The van der Waals surface area contributed by atoms with Gasteiger partial charge >= 0.3 is 23.5 Å². The molecule has 2 rings (SSSR count). The van der Waals surface area contributed by atoms with Crippen molar-refractivity contribution in [2.45, 2.75) is 17.9 Å². The molecule has 2 heterocycles. The summed E-state index contributed by atoms with van der Waals surface area (Å²) in [5.74, 6) is 1.10. The highest BCUT2D eigenvalue weighted by atomic mass is 35.5. The Balaban J connectivity index is 2.33. The topological polar surface area (TPSA) is 279 Å². The number of imidazole rings is 1. The molecule has 18 nitrogen and oxygen atoms in total. The first kappa shape index (κ1) is 29.7. The van der Waals surface area contributed by atoms with Crippen LogP contribution < -0.4 is 5.73 Å². The predicted molar refractivity (Wildman–Crippen MR) is 115 cm³/mol. The Hall–Kier alpha value is -1.51. The zero-order valence-electron chi connectivity index (χ0n) is 17.1. The van der Waals surface area contributed by atoms with Crippen molar-refractivity contribution in [3.05, 3.63) is 12.7 Å². The maximum atomic E-state index is 12.1. The van der Waals surface area contributed by atoms with Crippen LogP contribution in [0.2, 0.25) is 0 Å². The molecule has 0 aromatic carbocycles. The van der Waals surface area contributed by atoms with E-state index in [9.17, 15) is 33.7 Å². The fourth-order valence-electron chi connectivity index (χ4n) is 2.50. The van der Waals surface area contributed by atoms with Crippen LogP contribution in [0.25, 0.3) is 11.2 Å². The molecule has 5 atom stereocenters. The second kappa shape index (κ2) is 11.3. The molecule has 22 heteroatoms. The molecule has 0 saturated carbocycles. The molecule has 0 amide bonds. The number of hydrogen-bond acceptors (Lipinski definition) is 13. The molecule has 0 fully saturated rings. The fourth-order valence-corrected chi connectivity index (χ4v) is 5.86. The maximum absolute atomic E-state index is 12.1. The first-order valence-corrected chi connectivity index (χ1v) is 13.8. The highest BCUT2D eigenvalue weighted by Crippen LogP contribution is 2.66. The van der Waals surface area contributed by atoms with Crippen molar-refractivity contribution >= 4 is 52.1 Å². The fraction of sp³-hybridized carbons (Fsp3) is 0.462. The SMILES string of the molecule is C#C[C@H](O)C(CCl)(COP(=O)(O)OP(=O)(O)OP(=O)(O)O)OC(CO)n1cnc2c(N)ncnc21. The molecular formula is C13H19ClN5O13P3. The largest absolute Gasteiger partial charge is 0.490 e. The van der Waals surface area contributed by atoms with Gasteiger partial charge in [0, 0.05) is 0 Å². The van der Waals surface area contributed by atoms with Crippen LogP contribution in [0.3, 0.4) is 0 Å². The van der Waals surface area contributed by atoms with E-state index in [0.717, 1.165) is 17.2 Å². The lowest BCUT2D eigenvalue weighted by Gasteiger charge is -2.37. The van der Waals surface area contributed by atoms with Crippen molar-refractivity contribution in [3.63, 3.8) is 0 Å². The van der Waals surface area contributed by atoms with Crippen LogP contribution >= 0.6 is 35.1 Å². The number of anilines is 1. The lowest BCUT2D eigenvalue weighted by Crippen LogP contribution is -2.51. The zero-order chi connectivity index (χ0) is 26.7. The molecule has 0 saturated heterocycles. The van der Waals surface area contributed by atoms with Gasteiger partial charge in [-0.3, -0.25) is 9.09 Å². The molecule has 0 spiro atoms. The highest BCUT2D eigenvalue weighted by Gasteiger charge is 2.46. The van der Waals surface area contributed by atoms with E-state index in [1.54, 1.807) is 0 Å². The lowest BCUT2D eigenvalue weighted by molar-refractivity contribution is -0.179. The minimum absolute atomic E-state index is 0.00892. The number of halogens is 1. The normalized spacial score (nSPS) is 19.3. The van der Waals surface area contributed by atoms with E-state index in [2.05, 4.69) is 28.1 Å². The van der Waals surface area contributed by atoms with Gasteiger partial charge in [0.1, 0.15) is 23.5 Å². The van der Waals surface area contributed by atoms with E-state index < -0.39 is 60.5 Å². The Morgan fingerprint density at radius 2 is 1.83 bits per heavy atom. The van der Waals surface area contributed by atoms with Gasteiger partial charge in [-0.25, -0.2) is 28.6 Å². The number of hydrogen-bond donors (Lipinski definition) is 7. The minimum Gasteiger partial charge on any atom is -0.392 e. The second-order valence-corrected chi connectivity index (χ2v) is 11.2. The number of phosphoric acid groups is 3. The summed E-state index contributed by atoms with van der Waals surface area (Å²) in [4.78, 5) is 47.8. The van der Waals surface area contributed by atoms with Gasteiger partial charge < -0.3 is 40.3 Å². The quantitative estimate of drug-likeness (QED) is 0.0868. The van der Waals surface area contributed by atoms with Crippen LogP contribution in [0.15, 0.2) is 12.7 Å². The molecule has 0 aliphatic heterocycles. The maximum Gasteiger partial charge on any atom is 0.490 e. The van der Waals surface area contributed by atoms with Crippen molar-refractivity contribution < 1.29 is 61.4 Å². The van der Waals surface area contributed by atoms with Gasteiger partial charge in [0.2, 0.25) is 0 Å². The second-order valence-electron chi connectivity index (χ2n) is 6.47. The van der Waals surface area contributed by atoms with Crippen LogP contribution in [0.4, 0.5) is 5.82 Å². The van der Waals surface area contributed by atoms with Gasteiger partial charge in [-0.1, -0.05) is 5.92 Å². The Labute approximate surface area is 201 Å². The third kappa shape index (κ3) is 7.73. The molecule has 35 heavy (non-hydrogen) atoms. The Kier molecular flexibility index (Phi) is 9.56. The average molecular weight is 582 g/mol. The summed E-state index contributed by atoms with van der Waals surface area (Å²) >= 11 is 5.90. The Morgan fingerprint density at radius 3 is 2.37 bits per heavy atom. The summed E-state index contributed by atoms with van der Waals surface area (Å²) in [5, 5.41) is 20.2. The van der Waals surface area contributed by atoms with E-state index in [-0.39, 0.29) is 17.0 Å². The van der Waals surface area contributed by atoms with Gasteiger partial charge in [-0.15, -0.1) is 18.0 Å². The summed E-state index contributed by atoms with van der Waals surface area (Å²) in [6.45, 7) is -2.04. The molecule has 4 unspecified atom stereocenters. The number of alkyl halides is 1. The Bertz CT molecular complexity index is 1230. The van der Waals surface area contributed by atoms with Crippen molar-refractivity contribution in [2.24, 2.45) is 0 Å². The molecular weight excluding hydrogens is 563 g/mol. The van der Waals surface area contributed by atoms with E-state index in [1.165, 1.54) is 0 Å². The zero-order valence-corrected chi connectivity index (χ0v) is 20.6. The molecule has 8 N–H and O–H groups in total. The first-order valence-electron chi connectivity index (χ1n) is 8.79. The number of nitrogens with two attached hydrogens (primary N) is 1. The molecule has 0 aliphatic rings. The Morgan fingerprint density at radius 1 is 1.17 bits per heavy atom. The number of nitrogens with zero attached hydrogens (tertiary/aromatic N) is 4. The monoisotopic (exact) mass is 581 g/mol. The standard InChI is InChI=1S/C13H19ClN5O13P3/c1-2-8(21)13(4-14,5-29-34(25,26)32-35(27,28)31-33(22,23)24)30-9(3-20)19-7-18-10-11(15)16-6-17-12(10)19/h1,6-9,20-21H,3-5H2,(H,25,26)(H,27,28)(H2,15,16,17)(H2,22,23,24)/t8-,9?,13?/m0/s1. The van der Waals surface area contributed by atoms with Gasteiger partial charge in [-0.05, 0) is 0 Å². The number of aromatic nitrogens is 4. The summed E-state index contributed by atoms with van der Waals surface area (Å²) in [7, 11) is -17.1. The molecule has 2 aromatic heterocycles. The first-order chi connectivity index (χ1) is 16.1. The summed E-state index contributed by atoms with van der Waals surface area (Å²) in [6.07, 6.45) is 4.02. The van der Waals surface area contributed by atoms with E-state index in [1.807, 2.05) is 5.92 Å². The molecule has 0 aliphatic carbocycles. The lowest BCUT2D eigenvalue weighted by atomic mass is 10.0. The van der Waals surface area contributed by atoms with Crippen LogP contribution in [0, 0.1) is 12.3 Å². The molecule has 0 bridgehead atoms. The van der Waals surface area contributed by atoms with Crippen molar-refractivity contribution in [2.75, 3.05) is 24.8 Å². The van der Waals surface area contributed by atoms with Crippen LogP contribution in [-0.4, -0.2) is 80.1 Å². The molecule has 2 aromatic rings. The number of nitrogen functional groups attached to an aromatic ring is 1. The molecule has 196 valence electrons. The number of rotatable bonds is 13. The van der Waals surface area contributed by atoms with E-state index in [0.29, 0.717) is 0 Å². The number of ether oxygens (including phenoxy) is 1. The number of aliphatic hydroxyl groups excluding tert-OH is 2. The van der Waals surface area contributed by atoms with Crippen LogP contribution in [-0.2, 0) is 31.6 Å². The van der Waals surface area contributed by atoms with Gasteiger partial charge in [0.05, 0.1) is 25.4 Å². The molecule has 0 radical (unpaired) electrons. The van der Waals surface area contributed by atoms with Crippen molar-refractivity contribution in [1.82, 2.24) is 19.5 Å². The van der Waals surface area contributed by atoms with Gasteiger partial charge in [0.25, 0.3) is 0 Å². The summed E-state index contributed by atoms with van der Waals surface area (Å²) < 4.78 is 52.9. The van der Waals surface area contributed by atoms with Gasteiger partial charge in [-0.2, -0.15) is 8.62 Å². The van der Waals surface area contributed by atoms with E-state index in [4.69, 9.17) is 38.3 Å². The number of phosphoric ester groups is 1. The third-order valence-corrected chi connectivity index (χ3v) is 8.23. The van der Waals surface area contributed by atoms with Crippen molar-refractivity contribution in [3.8, 4) is 12.3 Å². The minimum atomic E-state index is -5.82. The van der Waals surface area contributed by atoms with Crippen molar-refractivity contribution in [1.29, 1.82) is 0 Å². The third-order valence-electron chi connectivity index (χ3n) is 3.99. The highest BCUT2D eigenvalue weighted by molar-refractivity contribution is 7.66. The smallest absolute Gasteiger partial charge is 0.392 e. The average Bonchev–Trinajstić information content (AvgIpc) is 3.16. The number of aliphatic hydroxyl groups is 2.